The first-order chi connectivity index (χ1) is 12.0. The number of nitrogens with one attached hydrogen (secondary N) is 1. The summed E-state index contributed by atoms with van der Waals surface area (Å²) in [4.78, 5) is 16.9. The van der Waals surface area contributed by atoms with Crippen LogP contribution in [-0.4, -0.2) is 17.2 Å². The molecule has 6 heteroatoms. The van der Waals surface area contributed by atoms with E-state index in [0.717, 1.165) is 11.3 Å². The lowest BCUT2D eigenvalue weighted by molar-refractivity contribution is -0.115. The second-order valence-corrected chi connectivity index (χ2v) is 6.72. The number of carbonyl (C=O) groups excluding carboxylic acids is 1. The zero-order valence-electron chi connectivity index (χ0n) is 13.8. The number of amidine groups is 1. The van der Waals surface area contributed by atoms with Crippen molar-refractivity contribution in [2.45, 2.75) is 20.0 Å². The summed E-state index contributed by atoms with van der Waals surface area (Å²) in [7, 11) is 0. The molecule has 1 N–H and O–H groups in total. The van der Waals surface area contributed by atoms with Crippen molar-refractivity contribution in [1.82, 2.24) is 5.32 Å². The monoisotopic (exact) mass is 356 g/mol. The van der Waals surface area contributed by atoms with Crippen molar-refractivity contribution in [3.05, 3.63) is 64.8 Å². The highest BCUT2D eigenvalue weighted by Gasteiger charge is 2.23. The number of halogens is 1. The van der Waals surface area contributed by atoms with E-state index in [9.17, 15) is 9.18 Å². The highest BCUT2D eigenvalue weighted by atomic mass is 32.2. The van der Waals surface area contributed by atoms with Gasteiger partial charge in [-0.1, -0.05) is 12.1 Å². The van der Waals surface area contributed by atoms with Crippen LogP contribution in [0.25, 0.3) is 6.08 Å². The number of aliphatic imine (C=N–C) groups is 1. The average molecular weight is 356 g/mol. The smallest absolute Gasteiger partial charge is 0.264 e. The Morgan fingerprint density at radius 1 is 1.12 bits per heavy atom. The van der Waals surface area contributed by atoms with Gasteiger partial charge in [-0.3, -0.25) is 4.79 Å². The third-order valence-electron chi connectivity index (χ3n) is 3.26. The largest absolute Gasteiger partial charge is 0.491 e. The Labute approximate surface area is 149 Å². The maximum atomic E-state index is 12.9. The summed E-state index contributed by atoms with van der Waals surface area (Å²) in [5, 5.41) is 3.19. The Bertz CT molecular complexity index is 828. The summed E-state index contributed by atoms with van der Waals surface area (Å²) < 4.78 is 18.5. The Balaban J connectivity index is 1.73. The van der Waals surface area contributed by atoms with Gasteiger partial charge < -0.3 is 10.1 Å². The molecule has 1 saturated heterocycles. The highest BCUT2D eigenvalue weighted by Crippen LogP contribution is 2.28. The predicted molar refractivity (Wildman–Crippen MR) is 99.4 cm³/mol. The third-order valence-corrected chi connectivity index (χ3v) is 4.17. The molecule has 1 heterocycles. The molecule has 4 nitrogen and oxygen atoms in total. The molecule has 1 aliphatic rings. The fraction of sp³-hybridized carbons (Fsp3) is 0.158. The number of nitrogens with zero attached hydrogens (tertiary/aromatic N) is 1. The molecule has 0 unspecified atom stereocenters. The molecule has 25 heavy (non-hydrogen) atoms. The van der Waals surface area contributed by atoms with Gasteiger partial charge in [-0.05, 0) is 73.6 Å². The summed E-state index contributed by atoms with van der Waals surface area (Å²) in [6.45, 7) is 3.94. The SMILES string of the molecule is CC(C)Oc1ccc(/C=C2/SC(=Nc3ccc(F)cc3)NC2=O)cc1. The maximum absolute atomic E-state index is 12.9. The van der Waals surface area contributed by atoms with Gasteiger partial charge in [0.25, 0.3) is 5.91 Å². The van der Waals surface area contributed by atoms with E-state index in [-0.39, 0.29) is 17.8 Å². The molecule has 128 valence electrons. The molecule has 0 spiro atoms. The van der Waals surface area contributed by atoms with Crippen molar-refractivity contribution in [1.29, 1.82) is 0 Å². The van der Waals surface area contributed by atoms with Gasteiger partial charge in [-0.25, -0.2) is 9.38 Å². The van der Waals surface area contributed by atoms with Gasteiger partial charge in [0, 0.05) is 0 Å². The molecule has 0 atom stereocenters. The number of carbonyl (C=O) groups is 1. The maximum Gasteiger partial charge on any atom is 0.264 e. The molecule has 2 aromatic carbocycles. The predicted octanol–water partition coefficient (Wildman–Crippen LogP) is 4.50. The summed E-state index contributed by atoms with van der Waals surface area (Å²) in [6, 6.07) is 13.3. The van der Waals surface area contributed by atoms with Crippen LogP contribution in [0.15, 0.2) is 58.4 Å². The molecular formula is C19H17FN2O2S. The van der Waals surface area contributed by atoms with Crippen LogP contribution in [0.2, 0.25) is 0 Å². The molecule has 1 aliphatic heterocycles. The van der Waals surface area contributed by atoms with Crippen LogP contribution in [0, 0.1) is 5.82 Å². The number of hydrogen-bond acceptors (Lipinski definition) is 4. The van der Waals surface area contributed by atoms with Crippen molar-refractivity contribution in [3.8, 4) is 5.75 Å². The van der Waals surface area contributed by atoms with Gasteiger partial charge in [0.2, 0.25) is 0 Å². The van der Waals surface area contributed by atoms with Gasteiger partial charge in [-0.2, -0.15) is 0 Å². The van der Waals surface area contributed by atoms with E-state index >= 15 is 0 Å². The molecule has 2 aromatic rings. The fourth-order valence-corrected chi connectivity index (χ4v) is 3.02. The highest BCUT2D eigenvalue weighted by molar-refractivity contribution is 8.18. The zero-order valence-corrected chi connectivity index (χ0v) is 14.6. The van der Waals surface area contributed by atoms with E-state index in [1.807, 2.05) is 38.1 Å². The van der Waals surface area contributed by atoms with Crippen LogP contribution in [-0.2, 0) is 4.79 Å². The number of benzene rings is 2. The molecule has 1 fully saturated rings. The van der Waals surface area contributed by atoms with E-state index in [1.54, 1.807) is 18.2 Å². The summed E-state index contributed by atoms with van der Waals surface area (Å²) in [5.41, 5.74) is 1.48. The van der Waals surface area contributed by atoms with Crippen molar-refractivity contribution < 1.29 is 13.9 Å². The van der Waals surface area contributed by atoms with Crippen molar-refractivity contribution in [2.24, 2.45) is 4.99 Å². The lowest BCUT2D eigenvalue weighted by atomic mass is 10.2. The standard InChI is InChI=1S/C19H17FN2O2S/c1-12(2)24-16-9-3-13(4-10-16)11-17-18(23)22-19(25-17)21-15-7-5-14(20)6-8-15/h3-12H,1-2H3,(H,21,22,23)/b17-11+. The van der Waals surface area contributed by atoms with E-state index in [2.05, 4.69) is 10.3 Å². The van der Waals surface area contributed by atoms with Crippen molar-refractivity contribution in [2.75, 3.05) is 0 Å². The third kappa shape index (κ3) is 4.70. The summed E-state index contributed by atoms with van der Waals surface area (Å²) >= 11 is 1.25. The Kier molecular flexibility index (Phi) is 5.19. The first kappa shape index (κ1) is 17.2. The van der Waals surface area contributed by atoms with Crippen LogP contribution in [0.1, 0.15) is 19.4 Å². The van der Waals surface area contributed by atoms with E-state index < -0.39 is 0 Å². The topological polar surface area (TPSA) is 50.7 Å². The molecule has 1 amide bonds. The molecule has 0 bridgehead atoms. The number of ether oxygens (including phenoxy) is 1. The minimum absolute atomic E-state index is 0.116. The summed E-state index contributed by atoms with van der Waals surface area (Å²) in [5.74, 6) is 0.269. The molecule has 0 aliphatic carbocycles. The van der Waals surface area contributed by atoms with Gasteiger partial charge in [0.1, 0.15) is 11.6 Å². The molecule has 3 rings (SSSR count). The minimum atomic E-state index is -0.322. The van der Waals surface area contributed by atoms with E-state index in [0.29, 0.717) is 15.8 Å². The second kappa shape index (κ2) is 7.53. The number of thioether (sulfide) groups is 1. The van der Waals surface area contributed by atoms with Crippen molar-refractivity contribution >= 4 is 34.6 Å². The molecular weight excluding hydrogens is 339 g/mol. The number of rotatable bonds is 4. The Morgan fingerprint density at radius 2 is 1.80 bits per heavy atom. The normalized spacial score (nSPS) is 17.4. The lowest BCUT2D eigenvalue weighted by Gasteiger charge is -2.09. The molecule has 0 saturated carbocycles. The first-order valence-corrected chi connectivity index (χ1v) is 8.63. The van der Waals surface area contributed by atoms with Crippen LogP contribution in [0.4, 0.5) is 10.1 Å². The molecule has 0 radical (unpaired) electrons. The summed E-state index contributed by atoms with van der Waals surface area (Å²) in [6.07, 6.45) is 1.91. The molecule has 0 aromatic heterocycles. The average Bonchev–Trinajstić information content (AvgIpc) is 2.90. The lowest BCUT2D eigenvalue weighted by Crippen LogP contribution is -2.19. The quantitative estimate of drug-likeness (QED) is 0.821. The minimum Gasteiger partial charge on any atom is -0.491 e. The van der Waals surface area contributed by atoms with Gasteiger partial charge >= 0.3 is 0 Å². The van der Waals surface area contributed by atoms with Gasteiger partial charge in [-0.15, -0.1) is 0 Å². The van der Waals surface area contributed by atoms with Gasteiger partial charge in [0.15, 0.2) is 5.17 Å². The number of amides is 1. The Morgan fingerprint density at radius 3 is 2.44 bits per heavy atom. The van der Waals surface area contributed by atoms with E-state index in [4.69, 9.17) is 4.74 Å². The van der Waals surface area contributed by atoms with Crippen molar-refractivity contribution in [3.63, 3.8) is 0 Å². The van der Waals surface area contributed by atoms with Crippen LogP contribution < -0.4 is 10.1 Å². The number of hydrogen-bond donors (Lipinski definition) is 1. The van der Waals surface area contributed by atoms with E-state index in [1.165, 1.54) is 23.9 Å². The van der Waals surface area contributed by atoms with Crippen LogP contribution in [0.5, 0.6) is 5.75 Å². The second-order valence-electron chi connectivity index (χ2n) is 5.69. The zero-order chi connectivity index (χ0) is 17.8. The van der Waals surface area contributed by atoms with Crippen LogP contribution in [0.3, 0.4) is 0 Å². The van der Waals surface area contributed by atoms with Gasteiger partial charge in [0.05, 0.1) is 16.7 Å². The van der Waals surface area contributed by atoms with Crippen LogP contribution >= 0.6 is 11.8 Å². The fourth-order valence-electron chi connectivity index (χ4n) is 2.18. The Hall–Kier alpha value is -2.60. The first-order valence-electron chi connectivity index (χ1n) is 7.81.